The number of rotatable bonds is 6. The molecule has 0 radical (unpaired) electrons. The Morgan fingerprint density at radius 3 is 2.19 bits per heavy atom. The van der Waals surface area contributed by atoms with E-state index in [9.17, 15) is 4.79 Å². The molecule has 2 aliphatic heterocycles. The summed E-state index contributed by atoms with van der Waals surface area (Å²) in [5, 5.41) is 0. The van der Waals surface area contributed by atoms with Crippen LogP contribution in [0.4, 0.5) is 5.82 Å². The lowest BCUT2D eigenvalue weighted by molar-refractivity contribution is 0.0723. The van der Waals surface area contributed by atoms with Crippen LogP contribution in [0.3, 0.4) is 0 Å². The number of hydrogen-bond donors (Lipinski definition) is 0. The van der Waals surface area contributed by atoms with Crippen molar-refractivity contribution in [3.8, 4) is 28.6 Å². The van der Waals surface area contributed by atoms with Crippen LogP contribution in [-0.2, 0) is 4.74 Å². The first-order valence-electron chi connectivity index (χ1n) is 11.0. The molecule has 1 aromatic carbocycles. The van der Waals surface area contributed by atoms with E-state index in [0.29, 0.717) is 66.3 Å². The first kappa shape index (κ1) is 22.1. The van der Waals surface area contributed by atoms with Gasteiger partial charge in [0.1, 0.15) is 11.4 Å². The fraction of sp³-hybridized carbons (Fsp3) is 0.522. The van der Waals surface area contributed by atoms with Crippen LogP contribution < -0.4 is 19.1 Å². The van der Waals surface area contributed by atoms with Crippen molar-refractivity contribution < 1.29 is 23.7 Å². The van der Waals surface area contributed by atoms with Gasteiger partial charge >= 0.3 is 0 Å². The van der Waals surface area contributed by atoms with Crippen LogP contribution in [-0.4, -0.2) is 81.5 Å². The third-order valence-corrected chi connectivity index (χ3v) is 5.88. The molecule has 0 atom stereocenters. The molecule has 0 N–H and O–H groups in total. The maximum atomic E-state index is 13.3. The highest BCUT2D eigenvalue weighted by Crippen LogP contribution is 2.41. The molecule has 0 unspecified atom stereocenters. The predicted molar refractivity (Wildman–Crippen MR) is 120 cm³/mol. The molecule has 172 valence electrons. The normalized spacial score (nSPS) is 16.6. The van der Waals surface area contributed by atoms with Crippen LogP contribution in [0.5, 0.6) is 17.2 Å². The van der Waals surface area contributed by atoms with Crippen LogP contribution in [0.25, 0.3) is 11.4 Å². The summed E-state index contributed by atoms with van der Waals surface area (Å²) in [6.45, 7) is 4.09. The zero-order valence-electron chi connectivity index (χ0n) is 18.9. The van der Waals surface area contributed by atoms with Gasteiger partial charge in [-0.15, -0.1) is 0 Å². The lowest BCUT2D eigenvalue weighted by atomic mass is 10.1. The van der Waals surface area contributed by atoms with Gasteiger partial charge in [-0.1, -0.05) is 0 Å². The van der Waals surface area contributed by atoms with Gasteiger partial charge in [-0.25, -0.2) is 9.97 Å². The molecule has 9 nitrogen and oxygen atoms in total. The predicted octanol–water partition coefficient (Wildman–Crippen LogP) is 2.63. The number of hydrogen-bond acceptors (Lipinski definition) is 8. The number of amides is 1. The zero-order chi connectivity index (χ0) is 22.5. The number of carbonyl (C=O) groups is 1. The van der Waals surface area contributed by atoms with E-state index in [0.717, 1.165) is 32.4 Å². The first-order valence-corrected chi connectivity index (χ1v) is 11.0. The monoisotopic (exact) mass is 442 g/mol. The summed E-state index contributed by atoms with van der Waals surface area (Å²) >= 11 is 0. The molecule has 1 aromatic heterocycles. The van der Waals surface area contributed by atoms with Crippen molar-refractivity contribution in [2.75, 3.05) is 65.6 Å². The topological polar surface area (TPSA) is 86.3 Å². The summed E-state index contributed by atoms with van der Waals surface area (Å²) in [7, 11) is 4.71. The Balaban J connectivity index is 1.77. The fourth-order valence-electron chi connectivity index (χ4n) is 4.16. The van der Waals surface area contributed by atoms with Crippen molar-refractivity contribution in [2.45, 2.75) is 19.3 Å². The summed E-state index contributed by atoms with van der Waals surface area (Å²) < 4.78 is 21.9. The molecule has 2 saturated heterocycles. The number of methoxy groups -OCH3 is 3. The van der Waals surface area contributed by atoms with E-state index in [4.69, 9.17) is 23.9 Å². The fourth-order valence-corrected chi connectivity index (χ4v) is 4.16. The highest BCUT2D eigenvalue weighted by molar-refractivity contribution is 5.99. The SMILES string of the molecule is COc1cc(-c2ncc(C(=O)N3CCCCC3)c(N3CCOCC3)n2)cc(OC)c1OC. The number of carbonyl (C=O) groups excluding carboxylic acids is 1. The first-order chi connectivity index (χ1) is 15.7. The molecule has 1 amide bonds. The van der Waals surface area contributed by atoms with Crippen molar-refractivity contribution in [3.63, 3.8) is 0 Å². The summed E-state index contributed by atoms with van der Waals surface area (Å²) in [6, 6.07) is 3.62. The van der Waals surface area contributed by atoms with Gasteiger partial charge in [0.05, 0.1) is 34.5 Å². The average Bonchev–Trinajstić information content (AvgIpc) is 2.88. The minimum Gasteiger partial charge on any atom is -0.493 e. The largest absolute Gasteiger partial charge is 0.493 e. The molecular formula is C23H30N4O5. The van der Waals surface area contributed by atoms with E-state index in [1.807, 2.05) is 17.0 Å². The lowest BCUT2D eigenvalue weighted by Crippen LogP contribution is -2.40. The molecule has 9 heteroatoms. The third-order valence-electron chi connectivity index (χ3n) is 5.88. The molecule has 2 aromatic rings. The molecule has 0 spiro atoms. The number of likely N-dealkylation sites (tertiary alicyclic amines) is 1. The number of nitrogens with zero attached hydrogens (tertiary/aromatic N) is 4. The van der Waals surface area contributed by atoms with Gasteiger partial charge in [-0.05, 0) is 31.4 Å². The highest BCUT2D eigenvalue weighted by Gasteiger charge is 2.27. The molecule has 32 heavy (non-hydrogen) atoms. The van der Waals surface area contributed by atoms with Gasteiger partial charge in [0, 0.05) is 37.9 Å². The number of ether oxygens (including phenoxy) is 4. The van der Waals surface area contributed by atoms with Crippen molar-refractivity contribution >= 4 is 11.7 Å². The van der Waals surface area contributed by atoms with Crippen LogP contribution in [0, 0.1) is 0 Å². The minimum atomic E-state index is -0.0115. The highest BCUT2D eigenvalue weighted by atomic mass is 16.5. The average molecular weight is 443 g/mol. The molecule has 3 heterocycles. The van der Waals surface area contributed by atoms with Crippen LogP contribution in [0.1, 0.15) is 29.6 Å². The Labute approximate surface area is 188 Å². The Hall–Kier alpha value is -3.07. The molecule has 0 bridgehead atoms. The number of benzene rings is 1. The van der Waals surface area contributed by atoms with Gasteiger partial charge in [-0.2, -0.15) is 0 Å². The Bertz CT molecular complexity index is 930. The van der Waals surface area contributed by atoms with Crippen molar-refractivity contribution in [1.82, 2.24) is 14.9 Å². The second-order valence-corrected chi connectivity index (χ2v) is 7.80. The third kappa shape index (κ3) is 4.43. The van der Waals surface area contributed by atoms with Gasteiger partial charge in [-0.3, -0.25) is 4.79 Å². The molecule has 2 fully saturated rings. The molecule has 2 aliphatic rings. The van der Waals surface area contributed by atoms with E-state index in [2.05, 4.69) is 9.88 Å². The van der Waals surface area contributed by atoms with Crippen LogP contribution in [0.2, 0.25) is 0 Å². The summed E-state index contributed by atoms with van der Waals surface area (Å²) in [4.78, 5) is 26.7. The summed E-state index contributed by atoms with van der Waals surface area (Å²) in [5.41, 5.74) is 1.25. The van der Waals surface area contributed by atoms with E-state index in [1.165, 1.54) is 0 Å². The second-order valence-electron chi connectivity index (χ2n) is 7.80. The lowest BCUT2D eigenvalue weighted by Gasteiger charge is -2.31. The maximum absolute atomic E-state index is 13.3. The van der Waals surface area contributed by atoms with Gasteiger partial charge in [0.2, 0.25) is 5.75 Å². The van der Waals surface area contributed by atoms with Gasteiger partial charge in [0.15, 0.2) is 17.3 Å². The standard InChI is InChI=1S/C23H30N4O5/c1-29-18-13-16(14-19(30-2)20(18)31-3)21-24-15-17(23(28)27-7-5-4-6-8-27)22(25-21)26-9-11-32-12-10-26/h13-15H,4-12H2,1-3H3. The molecular weight excluding hydrogens is 412 g/mol. The van der Waals surface area contributed by atoms with Crippen LogP contribution >= 0.6 is 0 Å². The second kappa shape index (κ2) is 10.0. The van der Waals surface area contributed by atoms with Gasteiger partial charge < -0.3 is 28.7 Å². The smallest absolute Gasteiger partial charge is 0.259 e. The number of morpholine rings is 1. The summed E-state index contributed by atoms with van der Waals surface area (Å²) in [5.74, 6) is 2.66. The molecule has 0 aliphatic carbocycles. The van der Waals surface area contributed by atoms with E-state index in [1.54, 1.807) is 27.5 Å². The zero-order valence-corrected chi connectivity index (χ0v) is 18.9. The Morgan fingerprint density at radius 1 is 0.938 bits per heavy atom. The number of aromatic nitrogens is 2. The maximum Gasteiger partial charge on any atom is 0.259 e. The van der Waals surface area contributed by atoms with Crippen molar-refractivity contribution in [2.24, 2.45) is 0 Å². The van der Waals surface area contributed by atoms with Crippen molar-refractivity contribution in [1.29, 1.82) is 0 Å². The quantitative estimate of drug-likeness (QED) is 0.675. The van der Waals surface area contributed by atoms with E-state index >= 15 is 0 Å². The van der Waals surface area contributed by atoms with Crippen LogP contribution in [0.15, 0.2) is 18.3 Å². The van der Waals surface area contributed by atoms with E-state index in [-0.39, 0.29) is 5.91 Å². The molecule has 0 saturated carbocycles. The van der Waals surface area contributed by atoms with Gasteiger partial charge in [0.25, 0.3) is 5.91 Å². The Kier molecular flexibility index (Phi) is 6.94. The number of piperidine rings is 1. The summed E-state index contributed by atoms with van der Waals surface area (Å²) in [6.07, 6.45) is 4.87. The Morgan fingerprint density at radius 2 is 1.59 bits per heavy atom. The van der Waals surface area contributed by atoms with E-state index < -0.39 is 0 Å². The minimum absolute atomic E-state index is 0.0115. The van der Waals surface area contributed by atoms with Crippen molar-refractivity contribution in [3.05, 3.63) is 23.9 Å². The molecule has 4 rings (SSSR count). The number of anilines is 1.